The van der Waals surface area contributed by atoms with Crippen molar-refractivity contribution in [1.82, 2.24) is 19.9 Å². The fraction of sp³-hybridized carbons (Fsp3) is 0.444. The van der Waals surface area contributed by atoms with Crippen molar-refractivity contribution in [2.24, 2.45) is 0 Å². The predicted molar refractivity (Wildman–Crippen MR) is 99.3 cm³/mol. The van der Waals surface area contributed by atoms with Crippen LogP contribution in [0.5, 0.6) is 11.9 Å². The van der Waals surface area contributed by atoms with Gasteiger partial charge in [0.25, 0.3) is 5.91 Å². The van der Waals surface area contributed by atoms with E-state index in [0.29, 0.717) is 30.5 Å². The van der Waals surface area contributed by atoms with E-state index in [2.05, 4.69) is 30.9 Å². The van der Waals surface area contributed by atoms with Crippen LogP contribution in [0.1, 0.15) is 37.0 Å². The number of carbonyl (C=O) groups is 1. The van der Waals surface area contributed by atoms with Crippen molar-refractivity contribution in [1.29, 1.82) is 0 Å². The fourth-order valence-electron chi connectivity index (χ4n) is 2.73. The monoisotopic (exact) mass is 420 g/mol. The second-order valence-electron chi connectivity index (χ2n) is 6.37. The van der Waals surface area contributed by atoms with Gasteiger partial charge in [0.15, 0.2) is 0 Å². The van der Waals surface area contributed by atoms with Gasteiger partial charge in [0, 0.05) is 31.2 Å². The van der Waals surface area contributed by atoms with Gasteiger partial charge in [-0.15, -0.1) is 0 Å². The number of aromatic nitrogens is 3. The number of piperidine rings is 1. The van der Waals surface area contributed by atoms with E-state index >= 15 is 0 Å². The topological polar surface area (TPSA) is 77.4 Å². The molecule has 3 rings (SSSR count). The first-order valence-corrected chi connectivity index (χ1v) is 9.37. The molecule has 26 heavy (non-hydrogen) atoms. The van der Waals surface area contributed by atoms with Gasteiger partial charge in [0.1, 0.15) is 6.10 Å². The predicted octanol–water partition coefficient (Wildman–Crippen LogP) is 3.10. The zero-order valence-electron chi connectivity index (χ0n) is 14.8. The minimum absolute atomic E-state index is 0.0462. The average Bonchev–Trinajstić information content (AvgIpc) is 2.63. The van der Waals surface area contributed by atoms with Gasteiger partial charge in [-0.2, -0.15) is 0 Å². The molecule has 2 aromatic heterocycles. The van der Waals surface area contributed by atoms with Crippen LogP contribution in [0.25, 0.3) is 0 Å². The van der Waals surface area contributed by atoms with Crippen molar-refractivity contribution >= 4 is 21.8 Å². The van der Waals surface area contributed by atoms with Gasteiger partial charge in [-0.05, 0) is 48.7 Å². The molecule has 0 aliphatic carbocycles. The van der Waals surface area contributed by atoms with Crippen LogP contribution in [0.3, 0.4) is 0 Å². The van der Waals surface area contributed by atoms with Gasteiger partial charge in [-0.1, -0.05) is 0 Å². The summed E-state index contributed by atoms with van der Waals surface area (Å²) in [4.78, 5) is 27.0. The maximum absolute atomic E-state index is 12.7. The van der Waals surface area contributed by atoms with Gasteiger partial charge < -0.3 is 14.4 Å². The van der Waals surface area contributed by atoms with Crippen LogP contribution >= 0.6 is 15.9 Å². The third kappa shape index (κ3) is 4.91. The third-order valence-corrected chi connectivity index (χ3v) is 4.28. The normalized spacial score (nSPS) is 17.2. The summed E-state index contributed by atoms with van der Waals surface area (Å²) in [7, 11) is 0. The molecule has 1 unspecified atom stereocenters. The summed E-state index contributed by atoms with van der Waals surface area (Å²) in [6.45, 7) is 5.07. The zero-order chi connectivity index (χ0) is 18.5. The summed E-state index contributed by atoms with van der Waals surface area (Å²) in [5, 5.41) is 0. The number of amides is 1. The lowest BCUT2D eigenvalue weighted by atomic mass is 10.1. The summed E-state index contributed by atoms with van der Waals surface area (Å²) in [5.41, 5.74) is 0.543. The maximum Gasteiger partial charge on any atom is 0.316 e. The molecule has 1 atom stereocenters. The Morgan fingerprint density at radius 1 is 1.23 bits per heavy atom. The highest BCUT2D eigenvalue weighted by Gasteiger charge is 2.26. The van der Waals surface area contributed by atoms with Crippen LogP contribution in [0, 0.1) is 0 Å². The number of carbonyl (C=O) groups excluding carboxylic acids is 1. The minimum Gasteiger partial charge on any atom is -0.475 e. The van der Waals surface area contributed by atoms with Crippen molar-refractivity contribution in [2.45, 2.75) is 38.9 Å². The highest BCUT2D eigenvalue weighted by Crippen LogP contribution is 2.19. The Labute approximate surface area is 160 Å². The molecular weight excluding hydrogens is 400 g/mol. The largest absolute Gasteiger partial charge is 0.475 e. The summed E-state index contributed by atoms with van der Waals surface area (Å²) in [5.74, 6) is 0.461. The Morgan fingerprint density at radius 3 is 2.65 bits per heavy atom. The first-order chi connectivity index (χ1) is 12.5. The first kappa shape index (κ1) is 18.6. The SMILES string of the molecule is CC(C)Oc1ccc(C(=O)N2CCCC(Oc3ncc(Br)cn3)C2)cn1. The Hall–Kier alpha value is -2.22. The minimum atomic E-state index is -0.120. The van der Waals surface area contributed by atoms with Crippen molar-refractivity contribution in [2.75, 3.05) is 13.1 Å². The van der Waals surface area contributed by atoms with Crippen LogP contribution in [0.4, 0.5) is 0 Å². The molecule has 0 aromatic carbocycles. The van der Waals surface area contributed by atoms with Crippen molar-refractivity contribution in [3.05, 3.63) is 40.8 Å². The van der Waals surface area contributed by atoms with Gasteiger partial charge >= 0.3 is 6.01 Å². The van der Waals surface area contributed by atoms with Gasteiger partial charge in [-0.25, -0.2) is 15.0 Å². The van der Waals surface area contributed by atoms with Gasteiger partial charge in [0.2, 0.25) is 5.88 Å². The molecule has 0 spiro atoms. The molecule has 0 bridgehead atoms. The molecule has 0 N–H and O–H groups in total. The molecule has 8 heteroatoms. The van der Waals surface area contributed by atoms with E-state index in [1.165, 1.54) is 0 Å². The summed E-state index contributed by atoms with van der Waals surface area (Å²) in [6, 6.07) is 3.79. The lowest BCUT2D eigenvalue weighted by Crippen LogP contribution is -2.44. The van der Waals surface area contributed by atoms with Crippen LogP contribution < -0.4 is 9.47 Å². The van der Waals surface area contributed by atoms with Crippen LogP contribution in [-0.4, -0.2) is 51.1 Å². The average molecular weight is 421 g/mol. The standard InChI is InChI=1S/C18H21BrN4O3/c1-12(2)25-16-6-5-13(8-20-16)17(24)23-7-3-4-15(11-23)26-18-21-9-14(19)10-22-18/h5-6,8-10,12,15H,3-4,7,11H2,1-2H3. The first-order valence-electron chi connectivity index (χ1n) is 8.57. The molecule has 2 aromatic rings. The second-order valence-corrected chi connectivity index (χ2v) is 7.28. The zero-order valence-corrected chi connectivity index (χ0v) is 16.3. The molecule has 7 nitrogen and oxygen atoms in total. The molecule has 1 aliphatic heterocycles. The van der Waals surface area contributed by atoms with E-state index in [1.54, 1.807) is 35.6 Å². The van der Waals surface area contributed by atoms with Crippen molar-refractivity contribution < 1.29 is 14.3 Å². The van der Waals surface area contributed by atoms with Gasteiger partial charge in [-0.3, -0.25) is 4.79 Å². The number of ether oxygens (including phenoxy) is 2. The molecule has 0 radical (unpaired) electrons. The highest BCUT2D eigenvalue weighted by atomic mass is 79.9. The molecule has 1 amide bonds. The molecule has 3 heterocycles. The third-order valence-electron chi connectivity index (χ3n) is 3.87. The summed E-state index contributed by atoms with van der Waals surface area (Å²) >= 11 is 3.29. The van der Waals surface area contributed by atoms with Crippen LogP contribution in [0.2, 0.25) is 0 Å². The summed E-state index contributed by atoms with van der Waals surface area (Å²) in [6.07, 6.45) is 6.50. The van der Waals surface area contributed by atoms with Crippen molar-refractivity contribution in [3.8, 4) is 11.9 Å². The molecule has 1 saturated heterocycles. The van der Waals surface area contributed by atoms with E-state index < -0.39 is 0 Å². The number of hydrogen-bond donors (Lipinski definition) is 0. The molecule has 138 valence electrons. The molecule has 1 aliphatic rings. The number of pyridine rings is 1. The molecular formula is C18H21BrN4O3. The van der Waals surface area contributed by atoms with Gasteiger partial charge in [0.05, 0.1) is 22.7 Å². The van der Waals surface area contributed by atoms with Crippen molar-refractivity contribution in [3.63, 3.8) is 0 Å². The quantitative estimate of drug-likeness (QED) is 0.739. The highest BCUT2D eigenvalue weighted by molar-refractivity contribution is 9.10. The second kappa shape index (κ2) is 8.44. The Bertz CT molecular complexity index is 737. The van der Waals surface area contributed by atoms with E-state index in [9.17, 15) is 4.79 Å². The van der Waals surface area contributed by atoms with E-state index in [0.717, 1.165) is 17.3 Å². The van der Waals surface area contributed by atoms with E-state index in [4.69, 9.17) is 9.47 Å². The molecule has 0 saturated carbocycles. The number of likely N-dealkylation sites (tertiary alicyclic amines) is 1. The smallest absolute Gasteiger partial charge is 0.316 e. The fourth-order valence-corrected chi connectivity index (χ4v) is 2.93. The Kier molecular flexibility index (Phi) is 6.03. The van der Waals surface area contributed by atoms with E-state index in [-0.39, 0.29) is 18.1 Å². The van der Waals surface area contributed by atoms with Crippen LogP contribution in [-0.2, 0) is 0 Å². The van der Waals surface area contributed by atoms with E-state index in [1.807, 2.05) is 13.8 Å². The Balaban J connectivity index is 1.61. The lowest BCUT2D eigenvalue weighted by molar-refractivity contribution is 0.0515. The molecule has 1 fully saturated rings. The number of halogens is 1. The Morgan fingerprint density at radius 2 is 2.00 bits per heavy atom. The lowest BCUT2D eigenvalue weighted by Gasteiger charge is -2.32. The summed E-state index contributed by atoms with van der Waals surface area (Å²) < 4.78 is 12.1. The number of hydrogen-bond acceptors (Lipinski definition) is 6. The van der Waals surface area contributed by atoms with Crippen LogP contribution in [0.15, 0.2) is 35.2 Å². The number of rotatable bonds is 5. The number of nitrogens with zero attached hydrogens (tertiary/aromatic N) is 4. The maximum atomic E-state index is 12.7.